The molecule has 2 heterocycles. The summed E-state index contributed by atoms with van der Waals surface area (Å²) in [5, 5.41) is 12.7. The number of benzene rings is 2. The molecule has 6 nitrogen and oxygen atoms in total. The van der Waals surface area contributed by atoms with E-state index in [1.807, 2.05) is 12.1 Å². The molecule has 2 aromatic carbocycles. The van der Waals surface area contributed by atoms with E-state index in [1.54, 1.807) is 35.8 Å². The molecule has 7 heteroatoms. The third-order valence-corrected chi connectivity index (χ3v) is 6.03. The Bertz CT molecular complexity index is 1170. The standard InChI is InChI=1S/C24H26FN5O/c1-17-2-3-19(12-21(17)25)15-27-20-6-8-29(9-7-20)10-11-30-23-13-18(14-26)4-5-22(23)28-16-24(30)31/h2-5,12-13,16,20,27H,6-11,15H2,1H3. The number of fused-ring (bicyclic) bond motifs is 1. The molecular formula is C24H26FN5O. The van der Waals surface area contributed by atoms with Crippen LogP contribution in [0.5, 0.6) is 0 Å². The average Bonchev–Trinajstić information content (AvgIpc) is 2.79. The van der Waals surface area contributed by atoms with Crippen LogP contribution in [-0.2, 0) is 13.1 Å². The Kier molecular flexibility index (Phi) is 6.40. The van der Waals surface area contributed by atoms with Gasteiger partial charge < -0.3 is 14.8 Å². The number of likely N-dealkylation sites (tertiary alicyclic amines) is 1. The van der Waals surface area contributed by atoms with E-state index in [2.05, 4.69) is 21.3 Å². The molecule has 0 atom stereocenters. The van der Waals surface area contributed by atoms with Gasteiger partial charge in [-0.05, 0) is 68.2 Å². The molecule has 0 unspecified atom stereocenters. The molecule has 1 aliphatic heterocycles. The van der Waals surface area contributed by atoms with Crippen LogP contribution in [0.3, 0.4) is 0 Å². The van der Waals surface area contributed by atoms with Crippen molar-refractivity contribution in [2.75, 3.05) is 19.6 Å². The number of nitriles is 1. The molecular weight excluding hydrogens is 393 g/mol. The second kappa shape index (κ2) is 9.38. The maximum absolute atomic E-state index is 13.7. The second-order valence-corrected chi connectivity index (χ2v) is 8.14. The summed E-state index contributed by atoms with van der Waals surface area (Å²) in [6, 6.07) is 13.1. The maximum atomic E-state index is 13.7. The SMILES string of the molecule is Cc1ccc(CNC2CCN(CCn3c(=O)cnc4ccc(C#N)cc43)CC2)cc1F. The Hall–Kier alpha value is -3.08. The molecule has 0 spiro atoms. The molecule has 4 rings (SSSR count). The molecule has 0 saturated carbocycles. The Balaban J connectivity index is 1.31. The van der Waals surface area contributed by atoms with Crippen molar-refractivity contribution in [2.45, 2.75) is 38.9 Å². The fourth-order valence-corrected chi connectivity index (χ4v) is 4.07. The number of rotatable bonds is 6. The summed E-state index contributed by atoms with van der Waals surface area (Å²) in [5.74, 6) is -0.158. The Morgan fingerprint density at radius 1 is 1.19 bits per heavy atom. The van der Waals surface area contributed by atoms with Gasteiger partial charge in [-0.3, -0.25) is 4.79 Å². The lowest BCUT2D eigenvalue weighted by atomic mass is 10.0. The van der Waals surface area contributed by atoms with E-state index >= 15 is 0 Å². The van der Waals surface area contributed by atoms with Gasteiger partial charge in [0.2, 0.25) is 0 Å². The third-order valence-electron chi connectivity index (χ3n) is 6.03. The van der Waals surface area contributed by atoms with Crippen molar-refractivity contribution in [2.24, 2.45) is 0 Å². The van der Waals surface area contributed by atoms with Crippen LogP contribution in [0, 0.1) is 24.1 Å². The van der Waals surface area contributed by atoms with E-state index in [9.17, 15) is 9.18 Å². The second-order valence-electron chi connectivity index (χ2n) is 8.14. The molecule has 0 amide bonds. The molecule has 160 valence electrons. The average molecular weight is 420 g/mol. The summed E-state index contributed by atoms with van der Waals surface area (Å²) in [7, 11) is 0. The minimum Gasteiger partial charge on any atom is -0.310 e. The highest BCUT2D eigenvalue weighted by Gasteiger charge is 2.19. The molecule has 1 fully saturated rings. The lowest BCUT2D eigenvalue weighted by Crippen LogP contribution is -2.43. The number of hydrogen-bond acceptors (Lipinski definition) is 5. The number of nitrogens with zero attached hydrogens (tertiary/aromatic N) is 4. The van der Waals surface area contributed by atoms with Crippen LogP contribution in [0.2, 0.25) is 0 Å². The van der Waals surface area contributed by atoms with Crippen LogP contribution in [0.25, 0.3) is 11.0 Å². The Morgan fingerprint density at radius 3 is 2.74 bits per heavy atom. The molecule has 0 aliphatic carbocycles. The van der Waals surface area contributed by atoms with Crippen LogP contribution in [0.4, 0.5) is 4.39 Å². The zero-order valence-corrected chi connectivity index (χ0v) is 17.6. The molecule has 31 heavy (non-hydrogen) atoms. The summed E-state index contributed by atoms with van der Waals surface area (Å²) >= 11 is 0. The largest absolute Gasteiger partial charge is 0.310 e. The normalized spacial score (nSPS) is 15.3. The monoisotopic (exact) mass is 419 g/mol. The molecule has 0 radical (unpaired) electrons. The van der Waals surface area contributed by atoms with Crippen LogP contribution in [-0.4, -0.2) is 40.1 Å². The van der Waals surface area contributed by atoms with Crippen molar-refractivity contribution in [1.29, 1.82) is 5.26 Å². The number of aromatic nitrogens is 2. The smallest absolute Gasteiger partial charge is 0.269 e. The zero-order valence-electron chi connectivity index (χ0n) is 17.6. The van der Waals surface area contributed by atoms with Crippen molar-refractivity contribution < 1.29 is 4.39 Å². The van der Waals surface area contributed by atoms with Crippen molar-refractivity contribution in [3.05, 3.63) is 75.5 Å². The van der Waals surface area contributed by atoms with Crippen molar-refractivity contribution in [1.82, 2.24) is 19.8 Å². The van der Waals surface area contributed by atoms with E-state index in [1.165, 1.54) is 6.20 Å². The lowest BCUT2D eigenvalue weighted by molar-refractivity contribution is 0.191. The van der Waals surface area contributed by atoms with Gasteiger partial charge >= 0.3 is 0 Å². The molecule has 3 aromatic rings. The fourth-order valence-electron chi connectivity index (χ4n) is 4.07. The van der Waals surface area contributed by atoms with Crippen LogP contribution in [0.15, 0.2) is 47.4 Å². The van der Waals surface area contributed by atoms with Gasteiger partial charge in [0, 0.05) is 25.7 Å². The van der Waals surface area contributed by atoms with Gasteiger partial charge in [0.25, 0.3) is 5.56 Å². The first-order chi connectivity index (χ1) is 15.0. The van der Waals surface area contributed by atoms with Crippen molar-refractivity contribution >= 4 is 11.0 Å². The van der Waals surface area contributed by atoms with Gasteiger partial charge in [-0.25, -0.2) is 9.37 Å². The van der Waals surface area contributed by atoms with Crippen LogP contribution in [0.1, 0.15) is 29.5 Å². The summed E-state index contributed by atoms with van der Waals surface area (Å²) in [6.45, 7) is 5.66. The quantitative estimate of drug-likeness (QED) is 0.665. The van der Waals surface area contributed by atoms with Crippen LogP contribution >= 0.6 is 0 Å². The fraction of sp³-hybridized carbons (Fsp3) is 0.375. The van der Waals surface area contributed by atoms with Gasteiger partial charge in [0.15, 0.2) is 0 Å². The number of piperidine rings is 1. The number of halogens is 1. The minimum atomic E-state index is -0.158. The summed E-state index contributed by atoms with van der Waals surface area (Å²) < 4.78 is 15.4. The highest BCUT2D eigenvalue weighted by molar-refractivity contribution is 5.76. The zero-order chi connectivity index (χ0) is 21.8. The minimum absolute atomic E-state index is 0.149. The predicted molar refractivity (Wildman–Crippen MR) is 118 cm³/mol. The first kappa shape index (κ1) is 21.2. The highest BCUT2D eigenvalue weighted by atomic mass is 19.1. The van der Waals surface area contributed by atoms with Gasteiger partial charge in [-0.2, -0.15) is 5.26 Å². The highest BCUT2D eigenvalue weighted by Crippen LogP contribution is 2.15. The van der Waals surface area contributed by atoms with E-state index in [4.69, 9.17) is 5.26 Å². The summed E-state index contributed by atoms with van der Waals surface area (Å²) in [5.41, 5.74) is 3.43. The van der Waals surface area contributed by atoms with E-state index < -0.39 is 0 Å². The summed E-state index contributed by atoms with van der Waals surface area (Å²) in [4.78, 5) is 18.9. The molecule has 1 saturated heterocycles. The first-order valence-corrected chi connectivity index (χ1v) is 10.6. The maximum Gasteiger partial charge on any atom is 0.269 e. The van der Waals surface area contributed by atoms with Gasteiger partial charge in [0.1, 0.15) is 5.82 Å². The topological polar surface area (TPSA) is 73.9 Å². The molecule has 1 aliphatic rings. The van der Waals surface area contributed by atoms with Crippen molar-refractivity contribution in [3.8, 4) is 6.07 Å². The first-order valence-electron chi connectivity index (χ1n) is 10.6. The third kappa shape index (κ3) is 4.98. The Labute approximate surface area is 180 Å². The molecule has 1 aromatic heterocycles. The number of nitrogens with one attached hydrogen (secondary N) is 1. The Morgan fingerprint density at radius 2 is 2.00 bits per heavy atom. The van der Waals surface area contributed by atoms with Gasteiger partial charge in [-0.15, -0.1) is 0 Å². The molecule has 0 bridgehead atoms. The van der Waals surface area contributed by atoms with Crippen molar-refractivity contribution in [3.63, 3.8) is 0 Å². The molecule has 1 N–H and O–H groups in total. The van der Waals surface area contributed by atoms with E-state index in [0.29, 0.717) is 41.3 Å². The lowest BCUT2D eigenvalue weighted by Gasteiger charge is -2.32. The van der Waals surface area contributed by atoms with Gasteiger partial charge in [0.05, 0.1) is 28.9 Å². The van der Waals surface area contributed by atoms with E-state index in [0.717, 1.165) is 38.0 Å². The van der Waals surface area contributed by atoms with E-state index in [-0.39, 0.29) is 11.4 Å². The number of aryl methyl sites for hydroxylation is 1. The summed E-state index contributed by atoms with van der Waals surface area (Å²) in [6.07, 6.45) is 3.37. The van der Waals surface area contributed by atoms with Crippen LogP contribution < -0.4 is 10.9 Å². The van der Waals surface area contributed by atoms with Gasteiger partial charge in [-0.1, -0.05) is 12.1 Å². The number of hydrogen-bond donors (Lipinski definition) is 1. The predicted octanol–water partition coefficient (Wildman–Crippen LogP) is 2.97.